The molecule has 0 saturated carbocycles. The topological polar surface area (TPSA) is 86.0 Å². The number of fused-ring (bicyclic) bond motifs is 1. The van der Waals surface area contributed by atoms with Gasteiger partial charge in [-0.25, -0.2) is 14.4 Å². The lowest BCUT2D eigenvalue weighted by Gasteiger charge is -2.41. The molecule has 2 aromatic rings. The number of benzene rings is 1. The van der Waals surface area contributed by atoms with Crippen LogP contribution in [-0.2, 0) is 9.47 Å². The number of rotatable bonds is 4. The van der Waals surface area contributed by atoms with Gasteiger partial charge in [0.1, 0.15) is 0 Å². The fourth-order valence-corrected chi connectivity index (χ4v) is 5.03. The van der Waals surface area contributed by atoms with Gasteiger partial charge < -0.3 is 19.3 Å². The Morgan fingerprint density at radius 2 is 1.41 bits per heavy atom. The summed E-state index contributed by atoms with van der Waals surface area (Å²) >= 11 is 0. The fourth-order valence-electron chi connectivity index (χ4n) is 5.03. The number of nitrogens with zero attached hydrogens (tertiary/aromatic N) is 4. The fraction of sp³-hybridized carbons (Fsp3) is 0.609. The minimum absolute atomic E-state index is 0.0407. The van der Waals surface area contributed by atoms with Crippen LogP contribution in [0.15, 0.2) is 29.1 Å². The maximum atomic E-state index is 13.2. The van der Waals surface area contributed by atoms with Gasteiger partial charge in [-0.15, -0.1) is 0 Å². The molecule has 0 bridgehead atoms. The van der Waals surface area contributed by atoms with E-state index < -0.39 is 6.09 Å². The zero-order chi connectivity index (χ0) is 22.7. The van der Waals surface area contributed by atoms with Crippen molar-refractivity contribution in [2.75, 3.05) is 39.4 Å². The maximum Gasteiger partial charge on any atom is 0.422 e. The first kappa shape index (κ1) is 22.4. The van der Waals surface area contributed by atoms with Crippen molar-refractivity contribution in [2.24, 2.45) is 0 Å². The standard InChI is InChI=1S/C23H32N4O5/c1-3-31-22(29)25-15-9-17(10-16-25)24-13-11-18(12-14-24)26-19-7-5-6-8-20(19)27(21(26)28)23(30)32-4-2/h5-8,17-18H,3-4,9-16H2,1-2H3. The van der Waals surface area contributed by atoms with Crippen molar-refractivity contribution in [3.8, 4) is 0 Å². The molecule has 0 N–H and O–H groups in total. The van der Waals surface area contributed by atoms with Gasteiger partial charge in [-0.2, -0.15) is 4.57 Å². The molecule has 2 aliphatic rings. The van der Waals surface area contributed by atoms with E-state index in [2.05, 4.69) is 4.90 Å². The van der Waals surface area contributed by atoms with E-state index >= 15 is 0 Å². The second-order valence-electron chi connectivity index (χ2n) is 8.36. The number of likely N-dealkylation sites (tertiary alicyclic amines) is 2. The molecule has 3 heterocycles. The summed E-state index contributed by atoms with van der Waals surface area (Å²) in [4.78, 5) is 41.8. The molecule has 2 fully saturated rings. The molecule has 0 aliphatic carbocycles. The lowest BCUT2D eigenvalue weighted by atomic mass is 9.97. The van der Waals surface area contributed by atoms with E-state index in [1.54, 1.807) is 22.5 Å². The number of imidazole rings is 1. The zero-order valence-corrected chi connectivity index (χ0v) is 18.9. The summed E-state index contributed by atoms with van der Waals surface area (Å²) in [5.41, 5.74) is 1.03. The number of carbonyl (C=O) groups is 2. The van der Waals surface area contributed by atoms with E-state index in [0.29, 0.717) is 18.2 Å². The third-order valence-electron chi connectivity index (χ3n) is 6.60. The van der Waals surface area contributed by atoms with E-state index in [-0.39, 0.29) is 24.4 Å². The maximum absolute atomic E-state index is 13.2. The first-order chi connectivity index (χ1) is 15.5. The second kappa shape index (κ2) is 9.77. The number of carbonyl (C=O) groups excluding carboxylic acids is 2. The highest BCUT2D eigenvalue weighted by Crippen LogP contribution is 2.29. The molecule has 1 amide bonds. The predicted octanol–water partition coefficient (Wildman–Crippen LogP) is 3.07. The number of aromatic nitrogens is 2. The van der Waals surface area contributed by atoms with Crippen LogP contribution < -0.4 is 5.69 Å². The first-order valence-electron chi connectivity index (χ1n) is 11.6. The molecule has 2 saturated heterocycles. The van der Waals surface area contributed by atoms with E-state index in [1.807, 2.05) is 25.1 Å². The smallest absolute Gasteiger partial charge is 0.422 e. The number of amides is 1. The molecule has 2 aliphatic heterocycles. The highest BCUT2D eigenvalue weighted by molar-refractivity contribution is 5.87. The van der Waals surface area contributed by atoms with Crippen molar-refractivity contribution in [1.29, 1.82) is 0 Å². The minimum atomic E-state index is -0.627. The monoisotopic (exact) mass is 444 g/mol. The summed E-state index contributed by atoms with van der Waals surface area (Å²) in [6.07, 6.45) is 2.71. The first-order valence-corrected chi connectivity index (χ1v) is 11.6. The third-order valence-corrected chi connectivity index (χ3v) is 6.60. The summed E-state index contributed by atoms with van der Waals surface area (Å²) in [7, 11) is 0. The van der Waals surface area contributed by atoms with Gasteiger partial charge in [0.2, 0.25) is 0 Å². The molecular weight excluding hydrogens is 412 g/mol. The summed E-state index contributed by atoms with van der Waals surface area (Å²) < 4.78 is 13.2. The van der Waals surface area contributed by atoms with Crippen molar-refractivity contribution >= 4 is 23.2 Å². The zero-order valence-electron chi connectivity index (χ0n) is 18.9. The summed E-state index contributed by atoms with van der Waals surface area (Å²) in [6.45, 7) is 7.39. The van der Waals surface area contributed by atoms with Crippen LogP contribution in [0.5, 0.6) is 0 Å². The van der Waals surface area contributed by atoms with E-state index in [0.717, 1.165) is 61.9 Å². The van der Waals surface area contributed by atoms with E-state index in [4.69, 9.17) is 9.47 Å². The Bertz CT molecular complexity index is 1010. The SMILES string of the molecule is CCOC(=O)N1CCC(N2CCC(n3c(=O)n(C(=O)OCC)c4ccccc43)CC2)CC1. The number of hydrogen-bond donors (Lipinski definition) is 0. The van der Waals surface area contributed by atoms with Gasteiger partial charge in [0.15, 0.2) is 0 Å². The molecule has 0 atom stereocenters. The Balaban J connectivity index is 1.44. The average Bonchev–Trinajstić information content (AvgIpc) is 3.11. The minimum Gasteiger partial charge on any atom is -0.450 e. The molecule has 0 radical (unpaired) electrons. The number of ether oxygens (including phenoxy) is 2. The van der Waals surface area contributed by atoms with Gasteiger partial charge in [-0.1, -0.05) is 12.1 Å². The largest absolute Gasteiger partial charge is 0.450 e. The van der Waals surface area contributed by atoms with Crippen molar-refractivity contribution in [3.63, 3.8) is 0 Å². The quantitative estimate of drug-likeness (QED) is 0.721. The normalized spacial score (nSPS) is 18.8. The molecule has 1 aromatic heterocycles. The lowest BCUT2D eigenvalue weighted by molar-refractivity contribution is 0.0624. The Morgan fingerprint density at radius 3 is 2.03 bits per heavy atom. The average molecular weight is 445 g/mol. The summed E-state index contributed by atoms with van der Waals surface area (Å²) in [5.74, 6) is 0. The van der Waals surface area contributed by atoms with Gasteiger partial charge in [0, 0.05) is 38.3 Å². The van der Waals surface area contributed by atoms with Gasteiger partial charge >= 0.3 is 17.9 Å². The van der Waals surface area contributed by atoms with E-state index in [9.17, 15) is 14.4 Å². The molecule has 1 aromatic carbocycles. The second-order valence-corrected chi connectivity index (χ2v) is 8.36. The van der Waals surface area contributed by atoms with Crippen molar-refractivity contribution in [1.82, 2.24) is 18.9 Å². The lowest BCUT2D eigenvalue weighted by Crippen LogP contribution is -2.49. The number of hydrogen-bond acceptors (Lipinski definition) is 6. The Hall–Kier alpha value is -2.81. The van der Waals surface area contributed by atoms with Gasteiger partial charge in [0.05, 0.1) is 24.2 Å². The Kier molecular flexibility index (Phi) is 6.83. The van der Waals surface area contributed by atoms with Crippen LogP contribution in [0.2, 0.25) is 0 Å². The predicted molar refractivity (Wildman–Crippen MR) is 120 cm³/mol. The molecule has 0 unspecified atom stereocenters. The van der Waals surface area contributed by atoms with Crippen molar-refractivity contribution < 1.29 is 19.1 Å². The third kappa shape index (κ3) is 4.26. The van der Waals surface area contributed by atoms with Crippen LogP contribution in [-0.4, -0.2) is 76.6 Å². The molecule has 9 nitrogen and oxygen atoms in total. The van der Waals surface area contributed by atoms with Crippen molar-refractivity contribution in [3.05, 3.63) is 34.7 Å². The van der Waals surface area contributed by atoms with Crippen LogP contribution in [0.4, 0.5) is 9.59 Å². The van der Waals surface area contributed by atoms with Crippen LogP contribution in [0.3, 0.4) is 0 Å². The molecule has 174 valence electrons. The van der Waals surface area contributed by atoms with Crippen LogP contribution in [0.25, 0.3) is 11.0 Å². The summed E-state index contributed by atoms with van der Waals surface area (Å²) in [6, 6.07) is 7.88. The Morgan fingerprint density at radius 1 is 0.844 bits per heavy atom. The number of para-hydroxylation sites is 2. The molecular formula is C23H32N4O5. The molecule has 32 heavy (non-hydrogen) atoms. The Labute approximate surface area is 187 Å². The number of piperidine rings is 2. The van der Waals surface area contributed by atoms with Crippen LogP contribution in [0.1, 0.15) is 45.6 Å². The highest BCUT2D eigenvalue weighted by atomic mass is 16.6. The molecule has 0 spiro atoms. The van der Waals surface area contributed by atoms with Crippen LogP contribution in [0, 0.1) is 0 Å². The van der Waals surface area contributed by atoms with Gasteiger partial charge in [-0.3, -0.25) is 4.57 Å². The molecule has 4 rings (SSSR count). The van der Waals surface area contributed by atoms with E-state index in [1.165, 1.54) is 0 Å². The molecule has 9 heteroatoms. The highest BCUT2D eigenvalue weighted by Gasteiger charge is 2.32. The van der Waals surface area contributed by atoms with Gasteiger partial charge in [-0.05, 0) is 51.7 Å². The van der Waals surface area contributed by atoms with Crippen molar-refractivity contribution in [2.45, 2.75) is 51.6 Å². The van der Waals surface area contributed by atoms with Gasteiger partial charge in [0.25, 0.3) is 0 Å². The summed E-state index contributed by atoms with van der Waals surface area (Å²) in [5, 5.41) is 0. The van der Waals surface area contributed by atoms with Crippen LogP contribution >= 0.6 is 0 Å².